The van der Waals surface area contributed by atoms with Crippen LogP contribution in [0.2, 0.25) is 0 Å². The molecule has 1 aromatic rings. The summed E-state index contributed by atoms with van der Waals surface area (Å²) in [5.41, 5.74) is 0.993. The number of carbonyl (C=O) groups excluding carboxylic acids is 1. The molecule has 1 N–H and O–H groups in total. The molecule has 2 rings (SSSR count). The van der Waals surface area contributed by atoms with Crippen molar-refractivity contribution in [1.82, 2.24) is 5.32 Å². The molecule has 0 aromatic heterocycles. The summed E-state index contributed by atoms with van der Waals surface area (Å²) in [7, 11) is 1.63. The number of ether oxygens (including phenoxy) is 2. The first-order valence-corrected chi connectivity index (χ1v) is 7.15. The van der Waals surface area contributed by atoms with Gasteiger partial charge in [0, 0.05) is 13.7 Å². The Bertz CT molecular complexity index is 462. The highest BCUT2D eigenvalue weighted by atomic mass is 35.5. The van der Waals surface area contributed by atoms with Gasteiger partial charge in [-0.1, -0.05) is 12.1 Å². The van der Waals surface area contributed by atoms with Crippen LogP contribution in [0.1, 0.15) is 12.0 Å². The smallest absolute Gasteiger partial charge is 0.226 e. The van der Waals surface area contributed by atoms with E-state index in [1.54, 1.807) is 7.11 Å². The van der Waals surface area contributed by atoms with Crippen molar-refractivity contribution < 1.29 is 14.3 Å². The van der Waals surface area contributed by atoms with Crippen LogP contribution < -0.4 is 10.1 Å². The van der Waals surface area contributed by atoms with Gasteiger partial charge in [-0.2, -0.15) is 0 Å². The monoisotopic (exact) mass is 317 g/mol. The molecule has 0 saturated heterocycles. The maximum atomic E-state index is 11.7. The summed E-state index contributed by atoms with van der Waals surface area (Å²) in [4.78, 5) is 11.7. The molecule has 1 aromatic carbocycles. The van der Waals surface area contributed by atoms with Gasteiger partial charge >= 0.3 is 0 Å². The second kappa shape index (κ2) is 6.66. The molecule has 1 aliphatic carbocycles. The van der Waals surface area contributed by atoms with Gasteiger partial charge in [-0.15, -0.1) is 23.2 Å². The summed E-state index contributed by atoms with van der Waals surface area (Å²) in [6, 6.07) is 7.54. The summed E-state index contributed by atoms with van der Waals surface area (Å²) < 4.78 is 9.49. The molecule has 0 spiro atoms. The Balaban J connectivity index is 1.75. The summed E-state index contributed by atoms with van der Waals surface area (Å²) in [5, 5.41) is 2.82. The zero-order valence-corrected chi connectivity index (χ0v) is 12.7. The second-order valence-electron chi connectivity index (χ2n) is 4.72. The normalized spacial score (nSPS) is 19.4. The Hall–Kier alpha value is -0.970. The molecule has 4 nitrogen and oxygen atoms in total. The first kappa shape index (κ1) is 15.4. The van der Waals surface area contributed by atoms with Crippen LogP contribution in [0, 0.1) is 5.92 Å². The highest BCUT2D eigenvalue weighted by Crippen LogP contribution is 2.53. The van der Waals surface area contributed by atoms with E-state index < -0.39 is 4.33 Å². The third kappa shape index (κ3) is 4.27. The van der Waals surface area contributed by atoms with Crippen molar-refractivity contribution in [3.8, 4) is 5.75 Å². The molecule has 1 saturated carbocycles. The zero-order valence-electron chi connectivity index (χ0n) is 11.2. The number of hydrogen-bond acceptors (Lipinski definition) is 3. The number of rotatable bonds is 7. The average Bonchev–Trinajstić information content (AvgIpc) is 3.07. The summed E-state index contributed by atoms with van der Waals surface area (Å²) in [5.74, 6) is 0.387. The molecular formula is C14H17Cl2NO3. The minimum atomic E-state index is -0.872. The maximum Gasteiger partial charge on any atom is 0.226 e. The van der Waals surface area contributed by atoms with Crippen LogP contribution in [-0.2, 0) is 16.1 Å². The quantitative estimate of drug-likeness (QED) is 0.621. The summed E-state index contributed by atoms with van der Waals surface area (Å²) >= 11 is 11.7. The van der Waals surface area contributed by atoms with Crippen LogP contribution in [0.5, 0.6) is 5.75 Å². The van der Waals surface area contributed by atoms with Gasteiger partial charge in [-0.3, -0.25) is 4.79 Å². The van der Waals surface area contributed by atoms with E-state index >= 15 is 0 Å². The van der Waals surface area contributed by atoms with Crippen LogP contribution in [0.15, 0.2) is 24.3 Å². The van der Waals surface area contributed by atoms with Crippen molar-refractivity contribution in [3.63, 3.8) is 0 Å². The molecule has 6 heteroatoms. The third-order valence-electron chi connectivity index (χ3n) is 3.09. The molecule has 0 heterocycles. The van der Waals surface area contributed by atoms with Gasteiger partial charge in [0.05, 0.1) is 12.5 Å². The Morgan fingerprint density at radius 3 is 2.55 bits per heavy atom. The average molecular weight is 318 g/mol. The molecule has 1 aliphatic rings. The van der Waals surface area contributed by atoms with Gasteiger partial charge in [0.25, 0.3) is 0 Å². The molecule has 1 amide bonds. The lowest BCUT2D eigenvalue weighted by Crippen LogP contribution is -2.26. The maximum absolute atomic E-state index is 11.7. The van der Waals surface area contributed by atoms with Crippen LogP contribution in [0.25, 0.3) is 0 Å². The highest BCUT2D eigenvalue weighted by molar-refractivity contribution is 6.52. The van der Waals surface area contributed by atoms with Crippen LogP contribution >= 0.6 is 23.2 Å². The number of benzene rings is 1. The summed E-state index contributed by atoms with van der Waals surface area (Å²) in [6.45, 7) is 1.52. The van der Waals surface area contributed by atoms with Crippen molar-refractivity contribution in [2.45, 2.75) is 17.3 Å². The largest absolute Gasteiger partial charge is 0.491 e. The molecule has 0 aliphatic heterocycles. The number of hydrogen-bond donors (Lipinski definition) is 1. The Labute approximate surface area is 128 Å². The Kier molecular flexibility index (Phi) is 5.13. The molecule has 0 radical (unpaired) electrons. The minimum absolute atomic E-state index is 0.101. The SMILES string of the molecule is COCCOc1ccc(CNC(=O)C2CC2(Cl)Cl)cc1. The van der Waals surface area contributed by atoms with Crippen LogP contribution in [0.4, 0.5) is 0 Å². The predicted octanol–water partition coefficient (Wildman–Crippen LogP) is 2.52. The minimum Gasteiger partial charge on any atom is -0.491 e. The predicted molar refractivity (Wildman–Crippen MR) is 78.2 cm³/mol. The molecule has 20 heavy (non-hydrogen) atoms. The van der Waals surface area contributed by atoms with Gasteiger partial charge in [0.15, 0.2) is 0 Å². The highest BCUT2D eigenvalue weighted by Gasteiger charge is 2.56. The van der Waals surface area contributed by atoms with E-state index in [0.29, 0.717) is 26.2 Å². The van der Waals surface area contributed by atoms with E-state index in [0.717, 1.165) is 11.3 Å². The molecular weight excluding hydrogens is 301 g/mol. The fourth-order valence-corrected chi connectivity index (χ4v) is 2.26. The molecule has 110 valence electrons. The summed E-state index contributed by atoms with van der Waals surface area (Å²) in [6.07, 6.45) is 0.522. The van der Waals surface area contributed by atoms with Crippen molar-refractivity contribution in [2.24, 2.45) is 5.92 Å². The fraction of sp³-hybridized carbons (Fsp3) is 0.500. The van der Waals surface area contributed by atoms with Crippen molar-refractivity contribution >= 4 is 29.1 Å². The van der Waals surface area contributed by atoms with Gasteiger partial charge in [0.1, 0.15) is 16.7 Å². The topological polar surface area (TPSA) is 47.6 Å². The van der Waals surface area contributed by atoms with E-state index in [1.165, 1.54) is 0 Å². The fourth-order valence-electron chi connectivity index (χ4n) is 1.76. The number of amides is 1. The molecule has 1 atom stereocenters. The van der Waals surface area contributed by atoms with Crippen molar-refractivity contribution in [3.05, 3.63) is 29.8 Å². The van der Waals surface area contributed by atoms with Gasteiger partial charge in [-0.25, -0.2) is 0 Å². The second-order valence-corrected chi connectivity index (χ2v) is 6.26. The number of alkyl halides is 2. The van der Waals surface area contributed by atoms with Crippen molar-refractivity contribution in [2.75, 3.05) is 20.3 Å². The Morgan fingerprint density at radius 1 is 1.35 bits per heavy atom. The number of methoxy groups -OCH3 is 1. The lowest BCUT2D eigenvalue weighted by molar-refractivity contribution is -0.122. The van der Waals surface area contributed by atoms with Gasteiger partial charge < -0.3 is 14.8 Å². The number of nitrogens with one attached hydrogen (secondary N) is 1. The van der Waals surface area contributed by atoms with E-state index in [9.17, 15) is 4.79 Å². The number of carbonyl (C=O) groups is 1. The molecule has 1 fully saturated rings. The van der Waals surface area contributed by atoms with E-state index in [-0.39, 0.29) is 11.8 Å². The standard InChI is InChI=1S/C14H17Cl2NO3/c1-19-6-7-20-11-4-2-10(3-5-11)9-17-13(18)12-8-14(12,15)16/h2-5,12H,6-9H2,1H3,(H,17,18). The van der Waals surface area contributed by atoms with Gasteiger partial charge in [0.2, 0.25) is 5.91 Å². The number of halogens is 2. The van der Waals surface area contributed by atoms with Gasteiger partial charge in [-0.05, 0) is 24.1 Å². The Morgan fingerprint density at radius 2 is 2.00 bits per heavy atom. The van der Waals surface area contributed by atoms with E-state index in [2.05, 4.69) is 5.32 Å². The first-order chi connectivity index (χ1) is 9.53. The third-order valence-corrected chi connectivity index (χ3v) is 3.92. The lowest BCUT2D eigenvalue weighted by Gasteiger charge is -2.08. The van der Waals surface area contributed by atoms with E-state index in [4.69, 9.17) is 32.7 Å². The van der Waals surface area contributed by atoms with E-state index in [1.807, 2.05) is 24.3 Å². The zero-order chi connectivity index (χ0) is 14.6. The van der Waals surface area contributed by atoms with Crippen molar-refractivity contribution in [1.29, 1.82) is 0 Å². The van der Waals surface area contributed by atoms with Crippen LogP contribution in [0.3, 0.4) is 0 Å². The molecule has 1 unspecified atom stereocenters. The first-order valence-electron chi connectivity index (χ1n) is 6.39. The van der Waals surface area contributed by atoms with Crippen LogP contribution in [-0.4, -0.2) is 30.6 Å². The lowest BCUT2D eigenvalue weighted by atomic mass is 10.2. The molecule has 0 bridgehead atoms.